The molecule has 1 aromatic heterocycles. The first-order chi connectivity index (χ1) is 15.4. The minimum absolute atomic E-state index is 0.0409. The SMILES string of the molecule is COC(=O)C1=c2sc(=Cc3ccccc3F)c(=O)n2C(N)=C(C#N)C1c1ccccc1F. The number of nitriles is 1. The number of rotatable bonds is 3. The maximum atomic E-state index is 14.7. The van der Waals surface area contributed by atoms with Gasteiger partial charge in [-0.25, -0.2) is 13.6 Å². The Kier molecular flexibility index (Phi) is 5.47. The standard InChI is InChI=1S/C23H15F2N3O3S/c1-31-23(30)19-18(13-7-3-5-9-16(13)25)14(11-26)20(27)28-21(29)17(32-22(19)28)10-12-6-2-4-8-15(12)24/h2-10,18H,27H2,1H3. The molecule has 0 amide bonds. The third-order valence-electron chi connectivity index (χ3n) is 5.08. The number of nitrogens with two attached hydrogens (primary N) is 1. The minimum Gasteiger partial charge on any atom is -0.466 e. The van der Waals surface area contributed by atoms with Gasteiger partial charge in [0.1, 0.15) is 22.1 Å². The van der Waals surface area contributed by atoms with E-state index in [0.29, 0.717) is 0 Å². The van der Waals surface area contributed by atoms with E-state index < -0.39 is 29.1 Å². The minimum atomic E-state index is -1.17. The topological polar surface area (TPSA) is 98.1 Å². The largest absolute Gasteiger partial charge is 0.466 e. The van der Waals surface area contributed by atoms with Gasteiger partial charge in [-0.1, -0.05) is 36.4 Å². The number of carbonyl (C=O) groups is 1. The molecule has 3 aromatic rings. The highest BCUT2D eigenvalue weighted by molar-refractivity contribution is 7.07. The number of ether oxygens (including phenoxy) is 1. The Morgan fingerprint density at radius 2 is 1.84 bits per heavy atom. The lowest BCUT2D eigenvalue weighted by Gasteiger charge is -2.24. The zero-order valence-electron chi connectivity index (χ0n) is 16.6. The van der Waals surface area contributed by atoms with Crippen LogP contribution in [0.4, 0.5) is 8.78 Å². The lowest BCUT2D eigenvalue weighted by atomic mass is 9.83. The van der Waals surface area contributed by atoms with Crippen LogP contribution in [0, 0.1) is 23.0 Å². The number of esters is 1. The zero-order valence-corrected chi connectivity index (χ0v) is 17.5. The number of hydrogen-bond acceptors (Lipinski definition) is 6. The van der Waals surface area contributed by atoms with E-state index in [-0.39, 0.29) is 37.3 Å². The molecule has 0 spiro atoms. The maximum Gasteiger partial charge on any atom is 0.337 e. The van der Waals surface area contributed by atoms with Crippen LogP contribution in [0.25, 0.3) is 17.5 Å². The van der Waals surface area contributed by atoms with Crippen LogP contribution in [-0.2, 0) is 9.53 Å². The molecule has 1 atom stereocenters. The van der Waals surface area contributed by atoms with Crippen molar-refractivity contribution >= 4 is 34.8 Å². The van der Waals surface area contributed by atoms with Crippen LogP contribution in [-0.4, -0.2) is 17.6 Å². The molecule has 0 saturated heterocycles. The molecule has 2 heterocycles. The van der Waals surface area contributed by atoms with Crippen LogP contribution in [0.3, 0.4) is 0 Å². The van der Waals surface area contributed by atoms with Gasteiger partial charge >= 0.3 is 5.97 Å². The summed E-state index contributed by atoms with van der Waals surface area (Å²) in [5.41, 5.74) is 5.48. The van der Waals surface area contributed by atoms with Gasteiger partial charge in [-0.2, -0.15) is 5.26 Å². The van der Waals surface area contributed by atoms with Gasteiger partial charge in [0.05, 0.1) is 34.8 Å². The van der Waals surface area contributed by atoms with Crippen molar-refractivity contribution in [1.29, 1.82) is 5.26 Å². The molecule has 0 fully saturated rings. The Bertz CT molecular complexity index is 1510. The van der Waals surface area contributed by atoms with Gasteiger partial charge in [0, 0.05) is 11.1 Å². The number of benzene rings is 2. The van der Waals surface area contributed by atoms with Crippen LogP contribution in [0.15, 0.2) is 58.9 Å². The van der Waals surface area contributed by atoms with E-state index in [0.717, 1.165) is 23.0 Å². The van der Waals surface area contributed by atoms with Crippen molar-refractivity contribution in [1.82, 2.24) is 4.57 Å². The third-order valence-corrected chi connectivity index (χ3v) is 6.19. The second kappa shape index (κ2) is 8.24. The molecule has 0 radical (unpaired) electrons. The first-order valence-electron chi connectivity index (χ1n) is 9.34. The maximum absolute atomic E-state index is 14.7. The van der Waals surface area contributed by atoms with E-state index in [1.807, 2.05) is 6.07 Å². The number of fused-ring (bicyclic) bond motifs is 1. The van der Waals surface area contributed by atoms with Crippen LogP contribution in [0.2, 0.25) is 0 Å². The predicted octanol–water partition coefficient (Wildman–Crippen LogP) is 1.79. The van der Waals surface area contributed by atoms with E-state index in [4.69, 9.17) is 10.5 Å². The molecule has 2 aromatic carbocycles. The summed E-state index contributed by atoms with van der Waals surface area (Å²) in [5.74, 6) is -3.42. The lowest BCUT2D eigenvalue weighted by Crippen LogP contribution is -2.40. The Balaban J connectivity index is 2.15. The molecule has 0 bridgehead atoms. The quantitative estimate of drug-likeness (QED) is 0.613. The number of allylic oxidation sites excluding steroid dienone is 1. The molecular formula is C23H15F2N3O3S. The van der Waals surface area contributed by atoms with Gasteiger partial charge in [0.25, 0.3) is 5.56 Å². The molecular weight excluding hydrogens is 436 g/mol. The fourth-order valence-corrected chi connectivity index (χ4v) is 4.76. The summed E-state index contributed by atoms with van der Waals surface area (Å²) >= 11 is 0.882. The molecule has 4 rings (SSSR count). The Hall–Kier alpha value is -4.03. The van der Waals surface area contributed by atoms with Crippen molar-refractivity contribution in [2.24, 2.45) is 5.73 Å². The van der Waals surface area contributed by atoms with Crippen molar-refractivity contribution in [2.75, 3.05) is 7.11 Å². The molecule has 6 nitrogen and oxygen atoms in total. The average molecular weight is 451 g/mol. The van der Waals surface area contributed by atoms with Crippen LogP contribution < -0.4 is 20.5 Å². The van der Waals surface area contributed by atoms with E-state index in [1.165, 1.54) is 42.5 Å². The van der Waals surface area contributed by atoms with E-state index in [1.54, 1.807) is 12.1 Å². The van der Waals surface area contributed by atoms with Crippen molar-refractivity contribution in [3.8, 4) is 6.07 Å². The summed E-state index contributed by atoms with van der Waals surface area (Å²) in [6.07, 6.45) is 1.33. The van der Waals surface area contributed by atoms with Gasteiger partial charge in [0.15, 0.2) is 0 Å². The molecule has 1 aliphatic heterocycles. The Morgan fingerprint density at radius 1 is 1.19 bits per heavy atom. The molecule has 1 aliphatic rings. The summed E-state index contributed by atoms with van der Waals surface area (Å²) in [7, 11) is 1.14. The molecule has 0 saturated carbocycles. The number of hydrogen-bond donors (Lipinski definition) is 1. The first kappa shape index (κ1) is 21.2. The van der Waals surface area contributed by atoms with Crippen molar-refractivity contribution in [2.45, 2.75) is 5.92 Å². The van der Waals surface area contributed by atoms with Gasteiger partial charge in [0.2, 0.25) is 0 Å². The Labute approximate surface area is 184 Å². The van der Waals surface area contributed by atoms with E-state index >= 15 is 0 Å². The number of carbonyl (C=O) groups excluding carboxylic acids is 1. The normalized spacial score (nSPS) is 16.0. The van der Waals surface area contributed by atoms with Crippen molar-refractivity contribution in [3.63, 3.8) is 0 Å². The monoisotopic (exact) mass is 451 g/mol. The summed E-state index contributed by atoms with van der Waals surface area (Å²) < 4.78 is 34.9. The van der Waals surface area contributed by atoms with E-state index in [2.05, 4.69) is 0 Å². The van der Waals surface area contributed by atoms with Crippen LogP contribution in [0.5, 0.6) is 0 Å². The Morgan fingerprint density at radius 3 is 2.47 bits per heavy atom. The molecule has 32 heavy (non-hydrogen) atoms. The summed E-state index contributed by atoms with van der Waals surface area (Å²) in [4.78, 5) is 25.9. The second-order valence-electron chi connectivity index (χ2n) is 6.85. The fraction of sp³-hybridized carbons (Fsp3) is 0.0870. The molecule has 1 unspecified atom stereocenters. The first-order valence-corrected chi connectivity index (χ1v) is 10.2. The van der Waals surface area contributed by atoms with Crippen LogP contribution in [0.1, 0.15) is 17.0 Å². The van der Waals surface area contributed by atoms with Gasteiger partial charge in [-0.3, -0.25) is 9.36 Å². The molecule has 2 N–H and O–H groups in total. The lowest BCUT2D eigenvalue weighted by molar-refractivity contribution is -0.134. The number of nitrogens with zero attached hydrogens (tertiary/aromatic N) is 2. The van der Waals surface area contributed by atoms with Crippen LogP contribution >= 0.6 is 11.3 Å². The third kappa shape index (κ3) is 3.31. The number of halogens is 2. The summed E-state index contributed by atoms with van der Waals surface area (Å²) in [6.45, 7) is 0. The average Bonchev–Trinajstić information content (AvgIpc) is 3.11. The highest BCUT2D eigenvalue weighted by Crippen LogP contribution is 2.37. The highest BCUT2D eigenvalue weighted by atomic mass is 32.1. The fourth-order valence-electron chi connectivity index (χ4n) is 3.61. The number of thiazole rings is 1. The number of methoxy groups -OCH3 is 1. The zero-order chi connectivity index (χ0) is 23.0. The predicted molar refractivity (Wildman–Crippen MR) is 115 cm³/mol. The highest BCUT2D eigenvalue weighted by Gasteiger charge is 2.37. The number of aromatic nitrogens is 1. The van der Waals surface area contributed by atoms with Gasteiger partial charge in [-0.15, -0.1) is 11.3 Å². The molecule has 160 valence electrons. The van der Waals surface area contributed by atoms with E-state index in [9.17, 15) is 23.6 Å². The summed E-state index contributed by atoms with van der Waals surface area (Å²) in [6, 6.07) is 13.4. The summed E-state index contributed by atoms with van der Waals surface area (Å²) in [5, 5.41) is 9.81. The van der Waals surface area contributed by atoms with Crippen molar-refractivity contribution in [3.05, 3.63) is 96.4 Å². The van der Waals surface area contributed by atoms with Gasteiger partial charge < -0.3 is 10.5 Å². The molecule has 9 heteroatoms. The van der Waals surface area contributed by atoms with Gasteiger partial charge in [-0.05, 0) is 18.2 Å². The molecule has 0 aliphatic carbocycles. The smallest absolute Gasteiger partial charge is 0.337 e. The second-order valence-corrected chi connectivity index (χ2v) is 7.88. The van der Waals surface area contributed by atoms with Crippen molar-refractivity contribution < 1.29 is 18.3 Å².